The van der Waals surface area contributed by atoms with Crippen LogP contribution in [0.15, 0.2) is 24.3 Å². The number of nitrogens with two attached hydrogens (primary N) is 1. The summed E-state index contributed by atoms with van der Waals surface area (Å²) >= 11 is 0. The lowest BCUT2D eigenvalue weighted by molar-refractivity contribution is -0.122. The molecule has 0 aliphatic carbocycles. The van der Waals surface area contributed by atoms with E-state index in [9.17, 15) is 4.79 Å². The highest BCUT2D eigenvalue weighted by atomic mass is 16.2. The van der Waals surface area contributed by atoms with Crippen molar-refractivity contribution in [1.82, 2.24) is 10.2 Å². The predicted molar refractivity (Wildman–Crippen MR) is 78.6 cm³/mol. The molecule has 0 aromatic heterocycles. The standard InChI is InChI=1S/C15H25N3O/c1-3-4-9-17-15(19)12-18(2)11-14-8-6-5-7-13(14)10-16/h5-8H,3-4,9-12,16H2,1-2H3,(H,17,19). The van der Waals surface area contributed by atoms with Crippen LogP contribution in [0.4, 0.5) is 0 Å². The van der Waals surface area contributed by atoms with Crippen molar-refractivity contribution in [2.45, 2.75) is 32.9 Å². The maximum absolute atomic E-state index is 11.7. The van der Waals surface area contributed by atoms with Crippen LogP contribution in [0.3, 0.4) is 0 Å². The molecule has 19 heavy (non-hydrogen) atoms. The van der Waals surface area contributed by atoms with Gasteiger partial charge in [-0.05, 0) is 24.6 Å². The Labute approximate surface area is 116 Å². The first-order valence-electron chi connectivity index (χ1n) is 6.89. The highest BCUT2D eigenvalue weighted by Gasteiger charge is 2.08. The lowest BCUT2D eigenvalue weighted by atomic mass is 10.1. The summed E-state index contributed by atoms with van der Waals surface area (Å²) in [5.74, 6) is 0.0844. The number of amides is 1. The molecule has 0 aliphatic heterocycles. The molecule has 0 unspecified atom stereocenters. The maximum atomic E-state index is 11.7. The minimum absolute atomic E-state index is 0.0844. The van der Waals surface area contributed by atoms with E-state index in [0.29, 0.717) is 13.1 Å². The number of carbonyl (C=O) groups is 1. The van der Waals surface area contributed by atoms with Crippen LogP contribution in [-0.2, 0) is 17.9 Å². The average Bonchev–Trinajstić information content (AvgIpc) is 2.39. The maximum Gasteiger partial charge on any atom is 0.234 e. The Morgan fingerprint density at radius 1 is 1.32 bits per heavy atom. The summed E-state index contributed by atoms with van der Waals surface area (Å²) < 4.78 is 0. The van der Waals surface area contributed by atoms with Crippen LogP contribution in [0, 0.1) is 0 Å². The summed E-state index contributed by atoms with van der Waals surface area (Å²) in [6.45, 7) is 4.58. The molecule has 106 valence electrons. The first-order valence-corrected chi connectivity index (χ1v) is 6.89. The Morgan fingerprint density at radius 2 is 2.00 bits per heavy atom. The third-order valence-electron chi connectivity index (χ3n) is 3.04. The van der Waals surface area contributed by atoms with Gasteiger partial charge in [-0.2, -0.15) is 0 Å². The number of unbranched alkanes of at least 4 members (excludes halogenated alkanes) is 1. The second-order valence-corrected chi connectivity index (χ2v) is 4.85. The first kappa shape index (κ1) is 15.7. The summed E-state index contributed by atoms with van der Waals surface area (Å²) in [5.41, 5.74) is 8.04. The van der Waals surface area contributed by atoms with E-state index in [1.165, 1.54) is 5.56 Å². The summed E-state index contributed by atoms with van der Waals surface area (Å²) in [7, 11) is 1.95. The number of likely N-dealkylation sites (N-methyl/N-ethyl adjacent to an activating group) is 1. The first-order chi connectivity index (χ1) is 9.17. The molecule has 0 fully saturated rings. The average molecular weight is 263 g/mol. The molecule has 0 aliphatic rings. The highest BCUT2D eigenvalue weighted by Crippen LogP contribution is 2.10. The van der Waals surface area contributed by atoms with Crippen LogP contribution in [-0.4, -0.2) is 30.9 Å². The SMILES string of the molecule is CCCCNC(=O)CN(C)Cc1ccccc1CN. The van der Waals surface area contributed by atoms with E-state index in [4.69, 9.17) is 5.73 Å². The molecule has 0 saturated heterocycles. The Balaban J connectivity index is 2.42. The van der Waals surface area contributed by atoms with Gasteiger partial charge in [0, 0.05) is 19.6 Å². The lowest BCUT2D eigenvalue weighted by Gasteiger charge is -2.18. The van der Waals surface area contributed by atoms with Crippen LogP contribution in [0.5, 0.6) is 0 Å². The highest BCUT2D eigenvalue weighted by molar-refractivity contribution is 5.77. The number of benzene rings is 1. The molecule has 0 heterocycles. The molecule has 0 radical (unpaired) electrons. The third kappa shape index (κ3) is 5.85. The fourth-order valence-corrected chi connectivity index (χ4v) is 1.96. The molecule has 0 saturated carbocycles. The molecule has 1 aromatic rings. The van der Waals surface area contributed by atoms with E-state index in [2.05, 4.69) is 18.3 Å². The number of hydrogen-bond donors (Lipinski definition) is 2. The van der Waals surface area contributed by atoms with Gasteiger partial charge in [-0.25, -0.2) is 0 Å². The van der Waals surface area contributed by atoms with Gasteiger partial charge in [0.05, 0.1) is 6.54 Å². The Kier molecular flexibility index (Phi) is 7.15. The summed E-state index contributed by atoms with van der Waals surface area (Å²) in [6.07, 6.45) is 2.13. The molecule has 1 amide bonds. The van der Waals surface area contributed by atoms with Crippen molar-refractivity contribution >= 4 is 5.91 Å². The number of nitrogens with zero attached hydrogens (tertiary/aromatic N) is 1. The molecule has 4 heteroatoms. The van der Waals surface area contributed by atoms with E-state index >= 15 is 0 Å². The lowest BCUT2D eigenvalue weighted by Crippen LogP contribution is -2.35. The zero-order valence-electron chi connectivity index (χ0n) is 12.0. The normalized spacial score (nSPS) is 10.7. The van der Waals surface area contributed by atoms with Crippen LogP contribution in [0.25, 0.3) is 0 Å². The van der Waals surface area contributed by atoms with Crippen molar-refractivity contribution in [1.29, 1.82) is 0 Å². The van der Waals surface area contributed by atoms with E-state index < -0.39 is 0 Å². The molecule has 1 rings (SSSR count). The van der Waals surface area contributed by atoms with Crippen molar-refractivity contribution in [2.75, 3.05) is 20.1 Å². The second-order valence-electron chi connectivity index (χ2n) is 4.85. The van der Waals surface area contributed by atoms with Crippen molar-refractivity contribution in [2.24, 2.45) is 5.73 Å². The molecule has 1 aromatic carbocycles. The molecular formula is C15H25N3O. The number of nitrogens with one attached hydrogen (secondary N) is 1. The van der Waals surface area contributed by atoms with Gasteiger partial charge < -0.3 is 11.1 Å². The van der Waals surface area contributed by atoms with Gasteiger partial charge in [-0.3, -0.25) is 9.69 Å². The van der Waals surface area contributed by atoms with Gasteiger partial charge >= 0.3 is 0 Å². The van der Waals surface area contributed by atoms with E-state index in [-0.39, 0.29) is 5.91 Å². The summed E-state index contributed by atoms with van der Waals surface area (Å²) in [5, 5.41) is 2.92. The van der Waals surface area contributed by atoms with Gasteiger partial charge in [-0.1, -0.05) is 37.6 Å². The number of rotatable bonds is 8. The van der Waals surface area contributed by atoms with Gasteiger partial charge in [0.1, 0.15) is 0 Å². The molecule has 0 bridgehead atoms. The largest absolute Gasteiger partial charge is 0.355 e. The third-order valence-corrected chi connectivity index (χ3v) is 3.04. The summed E-state index contributed by atoms with van der Waals surface area (Å²) in [4.78, 5) is 13.7. The van der Waals surface area contributed by atoms with E-state index in [0.717, 1.165) is 31.5 Å². The van der Waals surface area contributed by atoms with Gasteiger partial charge in [0.2, 0.25) is 5.91 Å². The Hall–Kier alpha value is -1.39. The van der Waals surface area contributed by atoms with Crippen molar-refractivity contribution < 1.29 is 4.79 Å². The number of hydrogen-bond acceptors (Lipinski definition) is 3. The fourth-order valence-electron chi connectivity index (χ4n) is 1.96. The smallest absolute Gasteiger partial charge is 0.234 e. The van der Waals surface area contributed by atoms with Crippen LogP contribution in [0.2, 0.25) is 0 Å². The zero-order valence-corrected chi connectivity index (χ0v) is 12.0. The molecule has 0 atom stereocenters. The minimum atomic E-state index is 0.0844. The zero-order chi connectivity index (χ0) is 14.1. The van der Waals surface area contributed by atoms with Crippen molar-refractivity contribution in [3.8, 4) is 0 Å². The Bertz CT molecular complexity index is 393. The monoisotopic (exact) mass is 263 g/mol. The van der Waals surface area contributed by atoms with Gasteiger partial charge in [-0.15, -0.1) is 0 Å². The Morgan fingerprint density at radius 3 is 2.63 bits per heavy atom. The van der Waals surface area contributed by atoms with Crippen LogP contribution >= 0.6 is 0 Å². The van der Waals surface area contributed by atoms with E-state index in [1.807, 2.05) is 30.1 Å². The van der Waals surface area contributed by atoms with Crippen molar-refractivity contribution in [3.05, 3.63) is 35.4 Å². The predicted octanol–water partition coefficient (Wildman–Crippen LogP) is 1.49. The molecular weight excluding hydrogens is 238 g/mol. The van der Waals surface area contributed by atoms with Crippen LogP contribution < -0.4 is 11.1 Å². The van der Waals surface area contributed by atoms with Gasteiger partial charge in [0.25, 0.3) is 0 Å². The van der Waals surface area contributed by atoms with Gasteiger partial charge in [0.15, 0.2) is 0 Å². The van der Waals surface area contributed by atoms with Crippen molar-refractivity contribution in [3.63, 3.8) is 0 Å². The molecule has 3 N–H and O–H groups in total. The topological polar surface area (TPSA) is 58.4 Å². The molecule has 4 nitrogen and oxygen atoms in total. The quantitative estimate of drug-likeness (QED) is 0.699. The summed E-state index contributed by atoms with van der Waals surface area (Å²) in [6, 6.07) is 8.09. The fraction of sp³-hybridized carbons (Fsp3) is 0.533. The second kappa shape index (κ2) is 8.67. The minimum Gasteiger partial charge on any atom is -0.355 e. The molecule has 0 spiro atoms. The number of carbonyl (C=O) groups excluding carboxylic acids is 1. The van der Waals surface area contributed by atoms with Crippen LogP contribution in [0.1, 0.15) is 30.9 Å². The van der Waals surface area contributed by atoms with E-state index in [1.54, 1.807) is 0 Å².